The first kappa shape index (κ1) is 13.6. The van der Waals surface area contributed by atoms with Crippen LogP contribution in [0.3, 0.4) is 0 Å². The average molecular weight is 340 g/mol. The van der Waals surface area contributed by atoms with E-state index in [-0.39, 0.29) is 0 Å². The number of aromatic nitrogens is 1. The number of carbonyl (C=O) groups excluding carboxylic acids is 2. The topological polar surface area (TPSA) is 74.0 Å². The van der Waals surface area contributed by atoms with Gasteiger partial charge in [0.05, 0.1) is 3.79 Å². The zero-order chi connectivity index (χ0) is 13.7. The smallest absolute Gasteiger partial charge is 0.286 e. The lowest BCUT2D eigenvalue weighted by molar-refractivity contribution is -0.117. The van der Waals surface area contributed by atoms with Gasteiger partial charge >= 0.3 is 0 Å². The van der Waals surface area contributed by atoms with Crippen molar-refractivity contribution in [3.63, 3.8) is 0 Å². The van der Waals surface area contributed by atoms with Gasteiger partial charge in [0.2, 0.25) is 0 Å². The summed E-state index contributed by atoms with van der Waals surface area (Å²) in [7, 11) is 0. The molecule has 98 valence electrons. The fourth-order valence-electron chi connectivity index (χ4n) is 1.27. The summed E-state index contributed by atoms with van der Waals surface area (Å²) < 4.78 is 0.993. The second-order valence-corrected chi connectivity index (χ2v) is 6.00. The van der Waals surface area contributed by atoms with Gasteiger partial charge in [-0.2, -0.15) is 0 Å². The van der Waals surface area contributed by atoms with Crippen molar-refractivity contribution in [3.8, 4) is 0 Å². The minimum atomic E-state index is -0.399. The predicted octanol–water partition coefficient (Wildman–Crippen LogP) is 2.31. The molecule has 0 fully saturated rings. The molecule has 2 aromatic heterocycles. The molecule has 2 rings (SSSR count). The van der Waals surface area contributed by atoms with Gasteiger partial charge in [0.1, 0.15) is 5.69 Å². The number of amides is 2. The molecule has 0 aliphatic heterocycles. The molecule has 2 heterocycles. The van der Waals surface area contributed by atoms with Crippen molar-refractivity contribution < 1.29 is 9.59 Å². The normalized spacial score (nSPS) is 10.6. The molecule has 0 saturated heterocycles. The van der Waals surface area contributed by atoms with Crippen LogP contribution < -0.4 is 10.9 Å². The highest BCUT2D eigenvalue weighted by atomic mass is 79.9. The zero-order valence-corrected chi connectivity index (χ0v) is 12.0. The van der Waals surface area contributed by atoms with E-state index in [1.165, 1.54) is 17.4 Å². The standard InChI is InChI=1S/C12H10BrN3O2S/c13-10-5-3-8(19-10)4-6-11(17)15-16-12(18)9-2-1-7-14-9/h1-7,14H,(H,15,17)(H,16,18)/b6-4+. The maximum absolute atomic E-state index is 11.5. The molecule has 0 spiro atoms. The van der Waals surface area contributed by atoms with Crippen molar-refractivity contribution in [2.24, 2.45) is 0 Å². The molecule has 0 atom stereocenters. The van der Waals surface area contributed by atoms with Crippen molar-refractivity contribution in [3.05, 3.63) is 50.9 Å². The quantitative estimate of drug-likeness (QED) is 0.593. The second-order valence-electron chi connectivity index (χ2n) is 3.50. The highest BCUT2D eigenvalue weighted by Gasteiger charge is 2.05. The second kappa shape index (κ2) is 6.35. The molecule has 3 N–H and O–H groups in total. The Hall–Kier alpha value is -1.86. The molecule has 7 heteroatoms. The molecular formula is C12H10BrN3O2S. The fourth-order valence-corrected chi connectivity index (χ4v) is 2.60. The van der Waals surface area contributed by atoms with Crippen LogP contribution in [0.2, 0.25) is 0 Å². The molecule has 2 aromatic rings. The fraction of sp³-hybridized carbons (Fsp3) is 0. The molecule has 0 aliphatic rings. The van der Waals surface area contributed by atoms with E-state index in [9.17, 15) is 9.59 Å². The maximum atomic E-state index is 11.5. The molecule has 2 amide bonds. The van der Waals surface area contributed by atoms with Gasteiger partial charge in [0, 0.05) is 17.2 Å². The Balaban J connectivity index is 1.82. The van der Waals surface area contributed by atoms with Gasteiger partial charge < -0.3 is 4.98 Å². The summed E-state index contributed by atoms with van der Waals surface area (Å²) in [5.41, 5.74) is 4.98. The summed E-state index contributed by atoms with van der Waals surface area (Å²) in [5.74, 6) is -0.796. The van der Waals surface area contributed by atoms with E-state index in [0.717, 1.165) is 8.66 Å². The molecule has 0 aromatic carbocycles. The van der Waals surface area contributed by atoms with Crippen LogP contribution in [0.15, 0.2) is 40.3 Å². The number of carbonyl (C=O) groups is 2. The van der Waals surface area contributed by atoms with Crippen molar-refractivity contribution in [2.45, 2.75) is 0 Å². The van der Waals surface area contributed by atoms with Crippen LogP contribution in [0.25, 0.3) is 6.08 Å². The highest BCUT2D eigenvalue weighted by molar-refractivity contribution is 9.11. The lowest BCUT2D eigenvalue weighted by Gasteiger charge is -2.02. The minimum absolute atomic E-state index is 0.381. The first-order valence-corrected chi connectivity index (χ1v) is 6.93. The van der Waals surface area contributed by atoms with E-state index in [1.54, 1.807) is 24.4 Å². The number of H-pyrrole nitrogens is 1. The van der Waals surface area contributed by atoms with Crippen LogP contribution in [0.1, 0.15) is 15.4 Å². The van der Waals surface area contributed by atoms with E-state index in [2.05, 4.69) is 31.8 Å². The van der Waals surface area contributed by atoms with E-state index in [0.29, 0.717) is 5.69 Å². The molecule has 5 nitrogen and oxygen atoms in total. The lowest BCUT2D eigenvalue weighted by Crippen LogP contribution is -2.40. The summed E-state index contributed by atoms with van der Waals surface area (Å²) in [5, 5.41) is 0. The Kier molecular flexibility index (Phi) is 4.53. The minimum Gasteiger partial charge on any atom is -0.357 e. The van der Waals surface area contributed by atoms with E-state index >= 15 is 0 Å². The summed E-state index contributed by atoms with van der Waals surface area (Å²) in [6, 6.07) is 7.09. The van der Waals surface area contributed by atoms with Gasteiger partial charge in [-0.15, -0.1) is 11.3 Å². The third-order valence-electron chi connectivity index (χ3n) is 2.13. The van der Waals surface area contributed by atoms with Gasteiger partial charge in [0.15, 0.2) is 0 Å². The van der Waals surface area contributed by atoms with Crippen LogP contribution in [-0.2, 0) is 4.79 Å². The third-order valence-corrected chi connectivity index (χ3v) is 3.72. The monoisotopic (exact) mass is 339 g/mol. The largest absolute Gasteiger partial charge is 0.357 e. The number of thiophene rings is 1. The van der Waals surface area contributed by atoms with Gasteiger partial charge in [0.25, 0.3) is 11.8 Å². The van der Waals surface area contributed by atoms with Crippen LogP contribution >= 0.6 is 27.3 Å². The molecule has 0 unspecified atom stereocenters. The van der Waals surface area contributed by atoms with Gasteiger partial charge in [-0.1, -0.05) is 0 Å². The van der Waals surface area contributed by atoms with Crippen molar-refractivity contribution in [2.75, 3.05) is 0 Å². The highest BCUT2D eigenvalue weighted by Crippen LogP contribution is 2.22. The molecular weight excluding hydrogens is 330 g/mol. The number of aromatic amines is 1. The SMILES string of the molecule is O=C(/C=C/c1ccc(Br)s1)NNC(=O)c1ccc[nH]1. The van der Waals surface area contributed by atoms with Crippen molar-refractivity contribution in [1.82, 2.24) is 15.8 Å². The van der Waals surface area contributed by atoms with Crippen LogP contribution in [0.5, 0.6) is 0 Å². The predicted molar refractivity (Wildman–Crippen MR) is 77.5 cm³/mol. The first-order valence-electron chi connectivity index (χ1n) is 5.32. The molecule has 19 heavy (non-hydrogen) atoms. The number of hydrogen-bond donors (Lipinski definition) is 3. The molecule has 0 aliphatic carbocycles. The number of halogens is 1. The van der Waals surface area contributed by atoms with Gasteiger partial charge in [-0.25, -0.2) is 0 Å². The van der Waals surface area contributed by atoms with Crippen molar-refractivity contribution in [1.29, 1.82) is 0 Å². The molecule has 0 bridgehead atoms. The summed E-state index contributed by atoms with van der Waals surface area (Å²) in [4.78, 5) is 26.6. The number of rotatable bonds is 3. The number of nitrogens with one attached hydrogen (secondary N) is 3. The maximum Gasteiger partial charge on any atom is 0.286 e. The molecule has 0 radical (unpaired) electrons. The van der Waals surface area contributed by atoms with E-state index in [1.807, 2.05) is 12.1 Å². The number of hydrogen-bond acceptors (Lipinski definition) is 3. The molecule has 0 saturated carbocycles. The summed E-state index contributed by atoms with van der Waals surface area (Å²) in [6.45, 7) is 0. The zero-order valence-electron chi connectivity index (χ0n) is 9.64. The summed E-state index contributed by atoms with van der Waals surface area (Å²) >= 11 is 4.84. The Morgan fingerprint density at radius 1 is 1.26 bits per heavy atom. The number of hydrazine groups is 1. The Morgan fingerprint density at radius 3 is 2.74 bits per heavy atom. The Morgan fingerprint density at radius 2 is 2.11 bits per heavy atom. The lowest BCUT2D eigenvalue weighted by atomic mass is 10.4. The van der Waals surface area contributed by atoms with Crippen LogP contribution in [0.4, 0.5) is 0 Å². The van der Waals surface area contributed by atoms with Gasteiger partial charge in [-0.3, -0.25) is 20.4 Å². The van der Waals surface area contributed by atoms with Crippen molar-refractivity contribution >= 4 is 45.2 Å². The third kappa shape index (κ3) is 4.08. The Labute approximate surface area is 121 Å². The van der Waals surface area contributed by atoms with E-state index < -0.39 is 11.8 Å². The first-order chi connectivity index (χ1) is 9.15. The van der Waals surface area contributed by atoms with E-state index in [4.69, 9.17) is 0 Å². The van der Waals surface area contributed by atoms with Gasteiger partial charge in [-0.05, 0) is 46.3 Å². The summed E-state index contributed by atoms with van der Waals surface area (Å²) in [6.07, 6.45) is 4.66. The van der Waals surface area contributed by atoms with Crippen LogP contribution in [-0.4, -0.2) is 16.8 Å². The van der Waals surface area contributed by atoms with Crippen LogP contribution in [0, 0.1) is 0 Å². The average Bonchev–Trinajstić information content (AvgIpc) is 3.04. The Bertz CT molecular complexity index is 604.